The van der Waals surface area contributed by atoms with E-state index in [2.05, 4.69) is 48.7 Å². The van der Waals surface area contributed by atoms with Crippen LogP contribution in [0.2, 0.25) is 0 Å². The quantitative estimate of drug-likeness (QED) is 0.835. The zero-order valence-corrected chi connectivity index (χ0v) is 14.1. The molecule has 0 bridgehead atoms. The maximum Gasteiger partial charge on any atom is 0.0859 e. The Morgan fingerprint density at radius 1 is 1.37 bits per heavy atom. The molecule has 110 valence electrons. The highest BCUT2D eigenvalue weighted by atomic mass is 79.9. The van der Waals surface area contributed by atoms with Crippen molar-refractivity contribution in [3.8, 4) is 0 Å². The van der Waals surface area contributed by atoms with E-state index in [1.54, 1.807) is 7.11 Å². The van der Waals surface area contributed by atoms with Gasteiger partial charge in [-0.05, 0) is 35.2 Å². The summed E-state index contributed by atoms with van der Waals surface area (Å²) in [5.74, 6) is 0.280. The van der Waals surface area contributed by atoms with Crippen molar-refractivity contribution >= 4 is 15.9 Å². The largest absolute Gasteiger partial charge is 0.390 e. The summed E-state index contributed by atoms with van der Waals surface area (Å²) in [7, 11) is 1.65. The molecular formula is C14H25BrN2O2. The van der Waals surface area contributed by atoms with Gasteiger partial charge in [-0.1, -0.05) is 20.8 Å². The third kappa shape index (κ3) is 3.80. The van der Waals surface area contributed by atoms with Crippen LogP contribution in [0.3, 0.4) is 0 Å². The number of ether oxygens (including phenoxy) is 1. The number of hydrogen-bond donors (Lipinski definition) is 1. The molecular weight excluding hydrogens is 308 g/mol. The predicted octanol–water partition coefficient (Wildman–Crippen LogP) is 2.80. The highest BCUT2D eigenvalue weighted by Crippen LogP contribution is 2.25. The Labute approximate surface area is 124 Å². The van der Waals surface area contributed by atoms with E-state index < -0.39 is 6.10 Å². The van der Waals surface area contributed by atoms with Crippen LogP contribution in [-0.4, -0.2) is 34.2 Å². The number of aliphatic hydroxyl groups is 1. The lowest BCUT2D eigenvalue weighted by molar-refractivity contribution is -0.0375. The SMILES string of the molecule is CCc1nn(CC)c(CC(O)C(OC)C(C)C)c1Br. The fourth-order valence-electron chi connectivity index (χ4n) is 2.40. The average molecular weight is 333 g/mol. The van der Waals surface area contributed by atoms with E-state index in [4.69, 9.17) is 4.74 Å². The number of hydrogen-bond acceptors (Lipinski definition) is 3. The summed E-state index contributed by atoms with van der Waals surface area (Å²) in [4.78, 5) is 0. The molecule has 1 N–H and O–H groups in total. The van der Waals surface area contributed by atoms with E-state index in [0.29, 0.717) is 6.42 Å². The Balaban J connectivity index is 2.95. The second-order valence-corrected chi connectivity index (χ2v) is 5.89. The first-order chi connectivity index (χ1) is 8.96. The minimum atomic E-state index is -0.520. The number of aryl methyl sites for hydroxylation is 2. The van der Waals surface area contributed by atoms with Gasteiger partial charge in [-0.15, -0.1) is 0 Å². The van der Waals surface area contributed by atoms with Gasteiger partial charge >= 0.3 is 0 Å². The van der Waals surface area contributed by atoms with Crippen LogP contribution in [0.5, 0.6) is 0 Å². The van der Waals surface area contributed by atoms with Gasteiger partial charge in [0.15, 0.2) is 0 Å². The molecule has 1 heterocycles. The van der Waals surface area contributed by atoms with E-state index in [9.17, 15) is 5.11 Å². The molecule has 1 aromatic rings. The van der Waals surface area contributed by atoms with Crippen LogP contribution in [0.15, 0.2) is 4.47 Å². The fourth-order valence-corrected chi connectivity index (χ4v) is 3.13. The number of halogens is 1. The maximum absolute atomic E-state index is 10.4. The second kappa shape index (κ2) is 7.41. The molecule has 19 heavy (non-hydrogen) atoms. The van der Waals surface area contributed by atoms with Crippen LogP contribution >= 0.6 is 15.9 Å². The van der Waals surface area contributed by atoms with Crippen molar-refractivity contribution in [1.29, 1.82) is 0 Å². The summed E-state index contributed by atoms with van der Waals surface area (Å²) >= 11 is 3.60. The van der Waals surface area contributed by atoms with Crippen LogP contribution in [0.1, 0.15) is 39.1 Å². The Hall–Kier alpha value is -0.390. The third-order valence-electron chi connectivity index (χ3n) is 3.41. The van der Waals surface area contributed by atoms with Crippen LogP contribution in [0.25, 0.3) is 0 Å². The number of aromatic nitrogens is 2. The number of methoxy groups -OCH3 is 1. The second-order valence-electron chi connectivity index (χ2n) is 5.09. The monoisotopic (exact) mass is 332 g/mol. The first-order valence-electron chi connectivity index (χ1n) is 6.91. The summed E-state index contributed by atoms with van der Waals surface area (Å²) in [6.45, 7) is 9.06. The van der Waals surface area contributed by atoms with Gasteiger partial charge in [-0.2, -0.15) is 5.10 Å². The summed E-state index contributed by atoms with van der Waals surface area (Å²) in [5.41, 5.74) is 2.09. The third-order valence-corrected chi connectivity index (χ3v) is 4.32. The van der Waals surface area contributed by atoms with E-state index in [1.165, 1.54) is 0 Å². The molecule has 2 atom stereocenters. The van der Waals surface area contributed by atoms with Crippen molar-refractivity contribution < 1.29 is 9.84 Å². The Morgan fingerprint density at radius 3 is 2.42 bits per heavy atom. The van der Waals surface area contributed by atoms with Gasteiger partial charge in [-0.25, -0.2) is 0 Å². The number of nitrogens with zero attached hydrogens (tertiary/aromatic N) is 2. The minimum absolute atomic E-state index is 0.155. The molecule has 2 unspecified atom stereocenters. The molecule has 0 aliphatic carbocycles. The molecule has 0 saturated carbocycles. The maximum atomic E-state index is 10.4. The zero-order valence-electron chi connectivity index (χ0n) is 12.5. The van der Waals surface area contributed by atoms with Crippen LogP contribution in [0.4, 0.5) is 0 Å². The van der Waals surface area contributed by atoms with E-state index in [1.807, 2.05) is 4.68 Å². The topological polar surface area (TPSA) is 47.3 Å². The first-order valence-corrected chi connectivity index (χ1v) is 7.70. The van der Waals surface area contributed by atoms with Gasteiger partial charge in [0.1, 0.15) is 0 Å². The van der Waals surface area contributed by atoms with Crippen molar-refractivity contribution in [3.05, 3.63) is 15.9 Å². The molecule has 0 spiro atoms. The molecule has 0 aromatic carbocycles. The molecule has 0 aliphatic heterocycles. The van der Waals surface area contributed by atoms with Crippen molar-refractivity contribution in [1.82, 2.24) is 9.78 Å². The lowest BCUT2D eigenvalue weighted by atomic mass is 9.98. The van der Waals surface area contributed by atoms with Gasteiger partial charge in [0, 0.05) is 20.1 Å². The van der Waals surface area contributed by atoms with Crippen LogP contribution < -0.4 is 0 Å². The highest BCUT2D eigenvalue weighted by molar-refractivity contribution is 9.10. The predicted molar refractivity (Wildman–Crippen MR) is 80.3 cm³/mol. The fraction of sp³-hybridized carbons (Fsp3) is 0.786. The van der Waals surface area contributed by atoms with Crippen molar-refractivity contribution in [3.63, 3.8) is 0 Å². The van der Waals surface area contributed by atoms with Gasteiger partial charge in [0.2, 0.25) is 0 Å². The van der Waals surface area contributed by atoms with Crippen molar-refractivity contribution in [2.45, 2.75) is 59.3 Å². The molecule has 0 radical (unpaired) electrons. The van der Waals surface area contributed by atoms with Crippen molar-refractivity contribution in [2.75, 3.05) is 7.11 Å². The zero-order chi connectivity index (χ0) is 14.6. The van der Waals surface area contributed by atoms with Gasteiger partial charge in [-0.3, -0.25) is 4.68 Å². The minimum Gasteiger partial charge on any atom is -0.390 e. The highest BCUT2D eigenvalue weighted by Gasteiger charge is 2.25. The Kier molecular flexibility index (Phi) is 6.50. The standard InChI is InChI=1S/C14H25BrN2O2/c1-6-10-13(15)11(17(7-2)16-10)8-12(18)14(19-5)9(3)4/h9,12,14,18H,6-8H2,1-5H3. The molecule has 0 saturated heterocycles. The van der Waals surface area contributed by atoms with E-state index in [0.717, 1.165) is 28.8 Å². The molecule has 4 nitrogen and oxygen atoms in total. The van der Waals surface area contributed by atoms with E-state index >= 15 is 0 Å². The van der Waals surface area contributed by atoms with Crippen LogP contribution in [0, 0.1) is 5.92 Å². The molecule has 0 fully saturated rings. The molecule has 0 amide bonds. The van der Waals surface area contributed by atoms with Crippen molar-refractivity contribution in [2.24, 2.45) is 5.92 Å². The lowest BCUT2D eigenvalue weighted by Gasteiger charge is -2.25. The number of aliphatic hydroxyl groups excluding tert-OH is 1. The summed E-state index contributed by atoms with van der Waals surface area (Å²) in [6, 6.07) is 0. The lowest BCUT2D eigenvalue weighted by Crippen LogP contribution is -2.35. The normalized spacial score (nSPS) is 14.9. The van der Waals surface area contributed by atoms with Gasteiger partial charge in [0.05, 0.1) is 28.1 Å². The summed E-state index contributed by atoms with van der Waals surface area (Å²) in [5, 5.41) is 14.9. The Morgan fingerprint density at radius 2 is 2.00 bits per heavy atom. The number of rotatable bonds is 7. The van der Waals surface area contributed by atoms with E-state index in [-0.39, 0.29) is 12.0 Å². The van der Waals surface area contributed by atoms with Gasteiger partial charge in [0.25, 0.3) is 0 Å². The molecule has 1 rings (SSSR count). The summed E-state index contributed by atoms with van der Waals surface area (Å²) in [6.07, 6.45) is 0.761. The smallest absolute Gasteiger partial charge is 0.0859 e. The first kappa shape index (κ1) is 16.7. The van der Waals surface area contributed by atoms with Gasteiger partial charge < -0.3 is 9.84 Å². The molecule has 0 aliphatic rings. The molecule has 5 heteroatoms. The average Bonchev–Trinajstić information content (AvgIpc) is 2.66. The van der Waals surface area contributed by atoms with Crippen LogP contribution in [-0.2, 0) is 24.1 Å². The molecule has 1 aromatic heterocycles. The summed E-state index contributed by atoms with van der Waals surface area (Å²) < 4.78 is 8.38. The Bertz CT molecular complexity index is 404.